The number of guanidine groups is 1. The van der Waals surface area contributed by atoms with Crippen molar-refractivity contribution in [3.8, 4) is 5.75 Å². The number of nitrogens with one attached hydrogen (secondary N) is 1. The topological polar surface area (TPSA) is 59.6 Å². The number of rotatable bonds is 6. The van der Waals surface area contributed by atoms with E-state index >= 15 is 0 Å². The number of nitrogens with two attached hydrogens (primary N) is 1. The van der Waals surface area contributed by atoms with Gasteiger partial charge in [0.1, 0.15) is 11.9 Å². The summed E-state index contributed by atoms with van der Waals surface area (Å²) in [5, 5.41) is 3.03. The van der Waals surface area contributed by atoms with E-state index in [1.165, 1.54) is 5.56 Å². The summed E-state index contributed by atoms with van der Waals surface area (Å²) in [5.74, 6) is 1.35. The summed E-state index contributed by atoms with van der Waals surface area (Å²) in [6.45, 7) is 7.52. The first kappa shape index (κ1) is 14.4. The molecule has 0 aromatic heterocycles. The number of benzene rings is 1. The third kappa shape index (κ3) is 5.57. The molecular weight excluding hydrogens is 226 g/mol. The number of aliphatic imine (C=N–C) groups is 1. The van der Waals surface area contributed by atoms with Crippen LogP contribution in [0.1, 0.15) is 25.8 Å². The molecule has 18 heavy (non-hydrogen) atoms. The van der Waals surface area contributed by atoms with Crippen molar-refractivity contribution in [2.45, 2.75) is 33.3 Å². The maximum Gasteiger partial charge on any atom is 0.188 e. The number of ether oxygens (including phenoxy) is 1. The van der Waals surface area contributed by atoms with Gasteiger partial charge in [-0.2, -0.15) is 0 Å². The van der Waals surface area contributed by atoms with Crippen molar-refractivity contribution in [3.63, 3.8) is 0 Å². The van der Waals surface area contributed by atoms with Gasteiger partial charge in [0.15, 0.2) is 5.96 Å². The summed E-state index contributed by atoms with van der Waals surface area (Å²) < 4.78 is 5.73. The summed E-state index contributed by atoms with van der Waals surface area (Å²) in [4.78, 5) is 4.23. The molecule has 1 aromatic carbocycles. The Morgan fingerprint density at radius 2 is 2.06 bits per heavy atom. The van der Waals surface area contributed by atoms with Gasteiger partial charge in [0.25, 0.3) is 0 Å². The van der Waals surface area contributed by atoms with Crippen LogP contribution in [0.4, 0.5) is 0 Å². The molecule has 4 heteroatoms. The zero-order chi connectivity index (χ0) is 13.4. The molecule has 4 nitrogen and oxygen atoms in total. The van der Waals surface area contributed by atoms with Gasteiger partial charge in [-0.25, -0.2) is 4.99 Å². The molecule has 0 radical (unpaired) electrons. The lowest BCUT2D eigenvalue weighted by molar-refractivity contribution is 0.230. The average Bonchev–Trinajstić information content (AvgIpc) is 2.36. The van der Waals surface area contributed by atoms with E-state index in [-0.39, 0.29) is 6.10 Å². The summed E-state index contributed by atoms with van der Waals surface area (Å²) in [7, 11) is 0. The minimum absolute atomic E-state index is 0.00897. The highest BCUT2D eigenvalue weighted by molar-refractivity contribution is 5.77. The van der Waals surface area contributed by atoms with Gasteiger partial charge in [-0.15, -0.1) is 0 Å². The molecule has 1 atom stereocenters. The predicted octanol–water partition coefficient (Wildman–Crippen LogP) is 2.08. The molecule has 1 unspecified atom stereocenters. The van der Waals surface area contributed by atoms with E-state index in [0.29, 0.717) is 12.5 Å². The van der Waals surface area contributed by atoms with Crippen molar-refractivity contribution in [2.24, 2.45) is 10.7 Å². The summed E-state index contributed by atoms with van der Waals surface area (Å²) >= 11 is 0. The number of nitrogens with zero attached hydrogens (tertiary/aromatic N) is 1. The van der Waals surface area contributed by atoms with Crippen LogP contribution in [-0.2, 0) is 0 Å². The van der Waals surface area contributed by atoms with Gasteiger partial charge in [-0.05, 0) is 32.4 Å². The third-order valence-electron chi connectivity index (χ3n) is 2.43. The Morgan fingerprint density at radius 3 is 2.67 bits per heavy atom. The van der Waals surface area contributed by atoms with Gasteiger partial charge in [-0.3, -0.25) is 0 Å². The van der Waals surface area contributed by atoms with Crippen LogP contribution in [0.3, 0.4) is 0 Å². The molecule has 1 aromatic rings. The van der Waals surface area contributed by atoms with Gasteiger partial charge in [0, 0.05) is 6.54 Å². The maximum absolute atomic E-state index is 5.73. The molecule has 0 bridgehead atoms. The van der Waals surface area contributed by atoms with Gasteiger partial charge < -0.3 is 15.8 Å². The Morgan fingerprint density at radius 1 is 1.39 bits per heavy atom. The molecule has 3 N–H and O–H groups in total. The monoisotopic (exact) mass is 249 g/mol. The van der Waals surface area contributed by atoms with Crippen LogP contribution in [0.15, 0.2) is 29.3 Å². The van der Waals surface area contributed by atoms with Crippen LogP contribution in [0.25, 0.3) is 0 Å². The molecule has 0 saturated carbocycles. The van der Waals surface area contributed by atoms with Crippen molar-refractivity contribution >= 4 is 5.96 Å². The summed E-state index contributed by atoms with van der Waals surface area (Å²) in [5.41, 5.74) is 6.93. The first-order valence-corrected chi connectivity index (χ1v) is 6.39. The molecular formula is C14H23N3O. The highest BCUT2D eigenvalue weighted by Gasteiger charge is 2.03. The number of hydrogen-bond acceptors (Lipinski definition) is 2. The van der Waals surface area contributed by atoms with Gasteiger partial charge >= 0.3 is 0 Å². The van der Waals surface area contributed by atoms with Crippen molar-refractivity contribution in [1.82, 2.24) is 5.32 Å². The lowest BCUT2D eigenvalue weighted by Gasteiger charge is -2.13. The summed E-state index contributed by atoms with van der Waals surface area (Å²) in [6.07, 6.45) is 1.04. The van der Waals surface area contributed by atoms with Crippen LogP contribution in [0.5, 0.6) is 5.75 Å². The van der Waals surface area contributed by atoms with E-state index < -0.39 is 0 Å². The largest absolute Gasteiger partial charge is 0.489 e. The van der Waals surface area contributed by atoms with Crippen molar-refractivity contribution in [1.29, 1.82) is 0 Å². The molecule has 1 rings (SSSR count). The van der Waals surface area contributed by atoms with Gasteiger partial charge in [0.2, 0.25) is 0 Å². The lowest BCUT2D eigenvalue weighted by atomic mass is 10.2. The fourth-order valence-electron chi connectivity index (χ4n) is 1.42. The third-order valence-corrected chi connectivity index (χ3v) is 2.43. The lowest BCUT2D eigenvalue weighted by Crippen LogP contribution is -2.33. The first-order chi connectivity index (χ1) is 8.61. The molecule has 0 aliphatic rings. The standard InChI is InChI=1S/C14H23N3O/c1-4-9-16-14(15)17-10-12(3)18-13-7-5-11(2)6-8-13/h5-8,12H,4,9-10H2,1-3H3,(H3,15,16,17). The van der Waals surface area contributed by atoms with E-state index in [1.807, 2.05) is 31.2 Å². The van der Waals surface area contributed by atoms with Crippen LogP contribution < -0.4 is 15.8 Å². The highest BCUT2D eigenvalue weighted by Crippen LogP contribution is 2.13. The molecule has 0 fully saturated rings. The summed E-state index contributed by atoms with van der Waals surface area (Å²) in [6, 6.07) is 7.99. The van der Waals surface area contributed by atoms with Gasteiger partial charge in [0.05, 0.1) is 6.54 Å². The second-order valence-corrected chi connectivity index (χ2v) is 4.39. The van der Waals surface area contributed by atoms with Crippen LogP contribution in [0, 0.1) is 6.92 Å². The highest BCUT2D eigenvalue weighted by atomic mass is 16.5. The SMILES string of the molecule is CCCNC(N)=NCC(C)Oc1ccc(C)cc1. The quantitative estimate of drug-likeness (QED) is 0.599. The van der Waals surface area contributed by atoms with E-state index in [0.717, 1.165) is 18.7 Å². The molecule has 0 amide bonds. The normalized spacial score (nSPS) is 13.2. The van der Waals surface area contributed by atoms with E-state index in [2.05, 4.69) is 24.2 Å². The Kier molecular flexibility index (Phi) is 6.05. The molecule has 0 aliphatic heterocycles. The average molecular weight is 249 g/mol. The Hall–Kier alpha value is -1.71. The van der Waals surface area contributed by atoms with Crippen LogP contribution >= 0.6 is 0 Å². The minimum atomic E-state index is 0.00897. The van der Waals surface area contributed by atoms with E-state index in [1.54, 1.807) is 0 Å². The Balaban J connectivity index is 2.37. The number of aryl methyl sites for hydroxylation is 1. The first-order valence-electron chi connectivity index (χ1n) is 6.39. The minimum Gasteiger partial charge on any atom is -0.489 e. The van der Waals surface area contributed by atoms with E-state index in [4.69, 9.17) is 10.5 Å². The predicted molar refractivity (Wildman–Crippen MR) is 76.1 cm³/mol. The van der Waals surface area contributed by atoms with E-state index in [9.17, 15) is 0 Å². The molecule has 100 valence electrons. The molecule has 0 heterocycles. The Labute approximate surface area is 109 Å². The zero-order valence-electron chi connectivity index (χ0n) is 11.4. The van der Waals surface area contributed by atoms with Crippen LogP contribution in [0.2, 0.25) is 0 Å². The second kappa shape index (κ2) is 7.58. The zero-order valence-corrected chi connectivity index (χ0v) is 11.4. The van der Waals surface area contributed by atoms with Crippen molar-refractivity contribution < 1.29 is 4.74 Å². The van der Waals surface area contributed by atoms with Gasteiger partial charge in [-0.1, -0.05) is 24.6 Å². The Bertz CT molecular complexity index is 373. The molecule has 0 saturated heterocycles. The fraction of sp³-hybridized carbons (Fsp3) is 0.500. The fourth-order valence-corrected chi connectivity index (χ4v) is 1.42. The number of hydrogen-bond donors (Lipinski definition) is 2. The van der Waals surface area contributed by atoms with Crippen molar-refractivity contribution in [2.75, 3.05) is 13.1 Å². The van der Waals surface area contributed by atoms with Crippen molar-refractivity contribution in [3.05, 3.63) is 29.8 Å². The maximum atomic E-state index is 5.73. The smallest absolute Gasteiger partial charge is 0.188 e. The molecule has 0 spiro atoms. The van der Waals surface area contributed by atoms with Crippen LogP contribution in [-0.4, -0.2) is 25.2 Å². The molecule has 0 aliphatic carbocycles. The second-order valence-electron chi connectivity index (χ2n) is 4.39.